The van der Waals surface area contributed by atoms with Crippen LogP contribution in [0.15, 0.2) is 188 Å². The van der Waals surface area contributed by atoms with E-state index in [0.29, 0.717) is 56.2 Å². The van der Waals surface area contributed by atoms with Crippen molar-refractivity contribution < 1.29 is 45.4 Å². The smallest absolute Gasteiger partial charge is 0.268 e. The monoisotopic (exact) mass is 1230 g/mol. The zero-order valence-corrected chi connectivity index (χ0v) is 47.7. The Balaban J connectivity index is 0.00000758. The van der Waals surface area contributed by atoms with Crippen LogP contribution in [-0.2, 0) is 37.3 Å². The molecule has 0 radical (unpaired) electrons. The van der Waals surface area contributed by atoms with E-state index in [1.165, 1.54) is 23.8 Å². The van der Waals surface area contributed by atoms with Crippen molar-refractivity contribution in [2.75, 3.05) is 0 Å². The normalized spacial score (nSPS) is 16.4. The molecule has 6 heteroatoms. The maximum atomic E-state index is 9.42. The predicted molar refractivity (Wildman–Crippen MR) is 324 cm³/mol. The number of nitrogens with zero attached hydrogens (tertiary/aromatic N) is 4. The van der Waals surface area contributed by atoms with Crippen LogP contribution in [0.3, 0.4) is 0 Å². The summed E-state index contributed by atoms with van der Waals surface area (Å²) in [5, 5.41) is 1.98. The topological polar surface area (TPSA) is 35.9 Å². The second-order valence-corrected chi connectivity index (χ2v) is 23.4. The van der Waals surface area contributed by atoms with Gasteiger partial charge in [0.2, 0.25) is 0 Å². The van der Waals surface area contributed by atoms with E-state index in [1.807, 2.05) is 89.6 Å². The summed E-state index contributed by atoms with van der Waals surface area (Å²) in [7, 11) is 0. The fourth-order valence-corrected chi connectivity index (χ4v) is 12.3. The first kappa shape index (κ1) is 40.1. The van der Waals surface area contributed by atoms with Gasteiger partial charge in [-0.2, -0.15) is 18.2 Å². The van der Waals surface area contributed by atoms with Gasteiger partial charge in [0, 0.05) is 52.5 Å². The third kappa shape index (κ3) is 8.30. The van der Waals surface area contributed by atoms with E-state index in [2.05, 4.69) is 108 Å². The van der Waals surface area contributed by atoms with Gasteiger partial charge in [0.15, 0.2) is 0 Å². The van der Waals surface area contributed by atoms with Crippen LogP contribution >= 0.6 is 0 Å². The Bertz CT molecular complexity index is 4970. The number of hydrogen-bond donors (Lipinski definition) is 0. The average Bonchev–Trinajstić information content (AvgIpc) is 1.70. The van der Waals surface area contributed by atoms with Crippen LogP contribution in [0.25, 0.3) is 106 Å². The molecule has 0 amide bonds. The molecule has 3 aromatic heterocycles. The van der Waals surface area contributed by atoms with E-state index >= 15 is 0 Å². The third-order valence-electron chi connectivity index (χ3n) is 16.5. The van der Waals surface area contributed by atoms with Crippen molar-refractivity contribution in [2.45, 2.75) is 91.3 Å². The first-order chi connectivity index (χ1) is 42.6. The van der Waals surface area contributed by atoms with E-state index in [4.69, 9.17) is 22.1 Å². The summed E-state index contributed by atoms with van der Waals surface area (Å²) >= 11 is 0. The average molecular weight is 1230 g/mol. The van der Waals surface area contributed by atoms with E-state index in [-0.39, 0.29) is 59.6 Å². The first-order valence-corrected chi connectivity index (χ1v) is 26.9. The van der Waals surface area contributed by atoms with Crippen molar-refractivity contribution in [3.8, 4) is 84.3 Å². The second kappa shape index (κ2) is 19.0. The minimum atomic E-state index is -2.77. The van der Waals surface area contributed by atoms with Crippen LogP contribution in [-0.4, -0.2) is 14.1 Å². The Morgan fingerprint density at radius 3 is 1.99 bits per heavy atom. The maximum absolute atomic E-state index is 9.42. The number of fused-ring (bicyclic) bond motifs is 11. The van der Waals surface area contributed by atoms with Crippen LogP contribution in [0.5, 0.6) is 11.5 Å². The number of aryl methyl sites for hydroxylation is 2. The molecular weight excluding hydrogens is 1160 g/mol. The minimum absolute atomic E-state index is 0. The summed E-state index contributed by atoms with van der Waals surface area (Å²) in [4.78, 5) is 4.87. The Hall–Kier alpha value is -8.11. The van der Waals surface area contributed by atoms with Crippen molar-refractivity contribution in [1.82, 2.24) is 14.1 Å². The molecule has 0 fully saturated rings. The van der Waals surface area contributed by atoms with Crippen molar-refractivity contribution in [3.05, 3.63) is 234 Å². The summed E-state index contributed by atoms with van der Waals surface area (Å²) in [6.07, 6.45) is 7.43. The molecule has 0 bridgehead atoms. The first-order valence-electron chi connectivity index (χ1n) is 32.4. The van der Waals surface area contributed by atoms with Crippen molar-refractivity contribution >= 4 is 32.8 Å². The quantitative estimate of drug-likeness (QED) is 0.123. The fraction of sp³-hybridized carbons (Fsp3) is 0.189. The van der Waals surface area contributed by atoms with Gasteiger partial charge in [-0.25, -0.2) is 4.98 Å². The number of para-hydroxylation sites is 2. The molecule has 396 valence electrons. The molecule has 0 atom stereocenters. The van der Waals surface area contributed by atoms with Crippen molar-refractivity contribution in [1.29, 1.82) is 0 Å². The fourth-order valence-electron chi connectivity index (χ4n) is 12.3. The molecule has 1 aliphatic carbocycles. The standard InChI is InChI=1S/C74H62N4O.Pt/c1-46-20-17-21-47(2)69(46)59-30-19-29-58-61-44-64-63(73(6,7)35-36-74(64,8)9)43-60(61)54-26-13-14-27-55(54)62-38-49(48-22-11-10-12-23-48)39-67-71(62)77(70(58)59)45-76(67)51-24-18-25-52(41-51)79-53-32-33-57-56-28-15-16-31-65(56)78(66(57)42-53)68-40-50(34-37-75-68)72(3,4)5;/h10-34,37-40,43-44H,35-36H2,1-9H3;/q-2;/i1D3,2D3,10D,11D,12D,22D,23D;. The number of aromatic nitrogens is 4. The molecule has 9 aromatic carbocycles. The molecule has 4 heterocycles. The van der Waals surface area contributed by atoms with Gasteiger partial charge < -0.3 is 13.9 Å². The van der Waals surface area contributed by atoms with Crippen LogP contribution in [0, 0.1) is 32.2 Å². The van der Waals surface area contributed by atoms with Crippen LogP contribution in [0.2, 0.25) is 0 Å². The van der Waals surface area contributed by atoms with Gasteiger partial charge in [-0.15, -0.1) is 29.7 Å². The van der Waals surface area contributed by atoms with E-state index in [9.17, 15) is 2.74 Å². The van der Waals surface area contributed by atoms with E-state index in [0.717, 1.165) is 73.8 Å². The van der Waals surface area contributed by atoms with E-state index < -0.39 is 43.9 Å². The molecule has 0 saturated heterocycles. The number of pyridine rings is 1. The Morgan fingerprint density at radius 1 is 0.600 bits per heavy atom. The maximum Gasteiger partial charge on any atom is 0.268 e. The minimum Gasteiger partial charge on any atom is -0.510 e. The molecule has 0 unspecified atom stereocenters. The van der Waals surface area contributed by atoms with Gasteiger partial charge in [-0.1, -0.05) is 175 Å². The van der Waals surface area contributed by atoms with E-state index in [1.54, 1.807) is 22.8 Å². The number of benzene rings is 9. The van der Waals surface area contributed by atoms with Gasteiger partial charge >= 0.3 is 0 Å². The van der Waals surface area contributed by atoms with Gasteiger partial charge in [-0.3, -0.25) is 4.57 Å². The van der Waals surface area contributed by atoms with Crippen LogP contribution in [0.4, 0.5) is 0 Å². The Kier molecular flexibility index (Phi) is 9.54. The van der Waals surface area contributed by atoms with Gasteiger partial charge in [0.05, 0.1) is 23.6 Å². The summed E-state index contributed by atoms with van der Waals surface area (Å²) in [6, 6.07) is 52.8. The van der Waals surface area contributed by atoms with Gasteiger partial charge in [-0.05, 0) is 168 Å². The number of rotatable bonds is 6. The largest absolute Gasteiger partial charge is 0.510 e. The number of hydrogen-bond acceptors (Lipinski definition) is 2. The Morgan fingerprint density at radius 2 is 1.25 bits per heavy atom. The van der Waals surface area contributed by atoms with Gasteiger partial charge in [0.1, 0.15) is 5.82 Å². The summed E-state index contributed by atoms with van der Waals surface area (Å²) in [5.74, 6) is 1.45. The number of imidazole rings is 1. The predicted octanol–water partition coefficient (Wildman–Crippen LogP) is 18.5. The summed E-state index contributed by atoms with van der Waals surface area (Å²) in [6.45, 7) is 10.1. The molecule has 2 aliphatic rings. The SMILES string of the molecule is [2H]c1c([2H])c([2H])c(-c2cc3c4c(c2)n(-c2[c-]c(Oc5[c-]c6c(cc5)c5ccccc5n6-c5cc(C(C)(C)C)ccn5)ccc2)[c-][n+]4-c2c(cccc2-c2c(C([2H])([2H])[2H])cccc2C([2H])([2H])[2H])-c2cc4c(cc2-c2ccccc2-3)C(C)(C)CCC4(C)C)c([2H])c1[2H].[Pt]. The molecule has 0 saturated carbocycles. The zero-order valence-electron chi connectivity index (χ0n) is 56.4. The van der Waals surface area contributed by atoms with Gasteiger partial charge in [0.25, 0.3) is 6.33 Å². The molecule has 12 aromatic rings. The third-order valence-corrected chi connectivity index (χ3v) is 16.5. The summed E-state index contributed by atoms with van der Waals surface area (Å²) in [5.41, 5.74) is 11.3. The molecule has 0 spiro atoms. The molecular formula is C74H62N4OPt-2. The number of ether oxygens (including phenoxy) is 1. The molecule has 14 rings (SSSR count). The molecule has 80 heavy (non-hydrogen) atoms. The van der Waals surface area contributed by atoms with Crippen molar-refractivity contribution in [2.24, 2.45) is 0 Å². The second-order valence-electron chi connectivity index (χ2n) is 23.4. The molecule has 0 N–H and O–H groups in total. The zero-order chi connectivity index (χ0) is 63.5. The summed E-state index contributed by atoms with van der Waals surface area (Å²) < 4.78 is 112. The van der Waals surface area contributed by atoms with Crippen molar-refractivity contribution in [3.63, 3.8) is 0 Å². The molecule has 1 aliphatic heterocycles. The van der Waals surface area contributed by atoms with Crippen LogP contribution < -0.4 is 9.30 Å². The van der Waals surface area contributed by atoms with Crippen LogP contribution in [0.1, 0.15) is 104 Å². The molecule has 5 nitrogen and oxygen atoms in total. The Labute approximate surface area is 499 Å².